The molecule has 0 bridgehead atoms. The molecule has 2 aromatic rings. The summed E-state index contributed by atoms with van der Waals surface area (Å²) in [5, 5.41) is 15.7. The maximum Gasteiger partial charge on any atom is 0.303 e. The number of rotatable bonds is 5. The molecule has 1 aromatic heterocycles. The SMILES string of the molecule is COc1ccc(Br)cc1-c1cc(CCC(=O)O)[nH]n1. The number of hydrogen-bond donors (Lipinski definition) is 2. The third kappa shape index (κ3) is 3.35. The smallest absolute Gasteiger partial charge is 0.303 e. The third-order valence-electron chi connectivity index (χ3n) is 2.68. The number of aryl methyl sites for hydroxylation is 1. The molecular weight excluding hydrogens is 312 g/mol. The number of carboxylic acid groups (broad SMARTS) is 1. The van der Waals surface area contributed by atoms with Crippen molar-refractivity contribution in [1.82, 2.24) is 10.2 Å². The van der Waals surface area contributed by atoms with Crippen molar-refractivity contribution in [2.45, 2.75) is 12.8 Å². The molecule has 5 nitrogen and oxygen atoms in total. The minimum absolute atomic E-state index is 0.0806. The average Bonchev–Trinajstić information content (AvgIpc) is 2.85. The Bertz CT molecular complexity index is 595. The molecule has 0 aliphatic carbocycles. The van der Waals surface area contributed by atoms with Crippen LogP contribution in [0.1, 0.15) is 12.1 Å². The van der Waals surface area contributed by atoms with Gasteiger partial charge in [-0.25, -0.2) is 0 Å². The number of carboxylic acids is 1. The second-order valence-corrected chi connectivity index (χ2v) is 4.93. The van der Waals surface area contributed by atoms with E-state index >= 15 is 0 Å². The first-order valence-corrected chi connectivity index (χ1v) is 6.49. The average molecular weight is 325 g/mol. The monoisotopic (exact) mass is 324 g/mol. The van der Waals surface area contributed by atoms with Crippen LogP contribution in [-0.4, -0.2) is 28.4 Å². The topological polar surface area (TPSA) is 75.2 Å². The van der Waals surface area contributed by atoms with Gasteiger partial charge in [0.1, 0.15) is 5.75 Å². The molecule has 1 heterocycles. The van der Waals surface area contributed by atoms with Crippen LogP contribution in [0.5, 0.6) is 5.75 Å². The highest BCUT2D eigenvalue weighted by molar-refractivity contribution is 9.10. The zero-order valence-electron chi connectivity index (χ0n) is 10.3. The maximum atomic E-state index is 10.5. The number of aliphatic carboxylic acids is 1. The van der Waals surface area contributed by atoms with Gasteiger partial charge >= 0.3 is 5.97 Å². The van der Waals surface area contributed by atoms with Crippen molar-refractivity contribution in [3.63, 3.8) is 0 Å². The molecule has 0 saturated carbocycles. The van der Waals surface area contributed by atoms with Gasteiger partial charge < -0.3 is 9.84 Å². The Morgan fingerprint density at radius 2 is 2.26 bits per heavy atom. The van der Waals surface area contributed by atoms with Crippen LogP contribution in [-0.2, 0) is 11.2 Å². The number of carbonyl (C=O) groups is 1. The minimum atomic E-state index is -0.823. The molecule has 100 valence electrons. The van der Waals surface area contributed by atoms with Crippen molar-refractivity contribution in [3.8, 4) is 17.0 Å². The Morgan fingerprint density at radius 3 is 2.95 bits per heavy atom. The number of benzene rings is 1. The van der Waals surface area contributed by atoms with E-state index in [1.807, 2.05) is 24.3 Å². The van der Waals surface area contributed by atoms with Gasteiger partial charge in [-0.1, -0.05) is 15.9 Å². The summed E-state index contributed by atoms with van der Waals surface area (Å²) in [5.74, 6) is -0.101. The summed E-state index contributed by atoms with van der Waals surface area (Å²) in [6, 6.07) is 7.49. The van der Waals surface area contributed by atoms with Gasteiger partial charge in [0, 0.05) is 15.7 Å². The predicted octanol–water partition coefficient (Wildman–Crippen LogP) is 2.87. The van der Waals surface area contributed by atoms with Crippen molar-refractivity contribution in [2.75, 3.05) is 7.11 Å². The van der Waals surface area contributed by atoms with E-state index in [2.05, 4.69) is 26.1 Å². The predicted molar refractivity (Wildman–Crippen MR) is 74.2 cm³/mol. The summed E-state index contributed by atoms with van der Waals surface area (Å²) in [6.07, 6.45) is 0.510. The molecule has 0 saturated heterocycles. The van der Waals surface area contributed by atoms with Crippen LogP contribution < -0.4 is 4.74 Å². The van der Waals surface area contributed by atoms with Gasteiger partial charge in [0.15, 0.2) is 0 Å². The zero-order valence-corrected chi connectivity index (χ0v) is 11.9. The molecule has 19 heavy (non-hydrogen) atoms. The molecule has 0 aliphatic rings. The zero-order chi connectivity index (χ0) is 13.8. The maximum absolute atomic E-state index is 10.5. The Hall–Kier alpha value is -1.82. The first-order valence-electron chi connectivity index (χ1n) is 5.70. The minimum Gasteiger partial charge on any atom is -0.496 e. The molecule has 0 amide bonds. The van der Waals surface area contributed by atoms with Crippen LogP contribution in [0.2, 0.25) is 0 Å². The number of aromatic amines is 1. The van der Waals surface area contributed by atoms with E-state index in [1.54, 1.807) is 7.11 Å². The lowest BCUT2D eigenvalue weighted by Gasteiger charge is -2.06. The van der Waals surface area contributed by atoms with Gasteiger partial charge in [-0.2, -0.15) is 5.10 Å². The summed E-state index contributed by atoms with van der Waals surface area (Å²) < 4.78 is 6.22. The molecule has 0 unspecified atom stereocenters. The highest BCUT2D eigenvalue weighted by atomic mass is 79.9. The normalized spacial score (nSPS) is 10.4. The van der Waals surface area contributed by atoms with Crippen molar-refractivity contribution in [3.05, 3.63) is 34.4 Å². The molecule has 2 N–H and O–H groups in total. The van der Waals surface area contributed by atoms with E-state index in [-0.39, 0.29) is 6.42 Å². The molecule has 6 heteroatoms. The van der Waals surface area contributed by atoms with Crippen molar-refractivity contribution in [2.24, 2.45) is 0 Å². The number of aromatic nitrogens is 2. The quantitative estimate of drug-likeness (QED) is 0.886. The lowest BCUT2D eigenvalue weighted by Crippen LogP contribution is -1.97. The fourth-order valence-electron chi connectivity index (χ4n) is 1.75. The van der Waals surface area contributed by atoms with Crippen LogP contribution in [0.25, 0.3) is 11.3 Å². The van der Waals surface area contributed by atoms with Gasteiger partial charge in [0.25, 0.3) is 0 Å². The third-order valence-corrected chi connectivity index (χ3v) is 3.17. The first kappa shape index (κ1) is 13.6. The van der Waals surface area contributed by atoms with Gasteiger partial charge in [-0.15, -0.1) is 0 Å². The Kier molecular flexibility index (Phi) is 4.21. The van der Waals surface area contributed by atoms with E-state index in [0.717, 1.165) is 27.2 Å². The Balaban J connectivity index is 2.27. The number of ether oxygens (including phenoxy) is 1. The molecule has 0 fully saturated rings. The van der Waals surface area contributed by atoms with Crippen LogP contribution in [0, 0.1) is 0 Å². The molecule has 2 rings (SSSR count). The number of hydrogen-bond acceptors (Lipinski definition) is 3. The lowest BCUT2D eigenvalue weighted by molar-refractivity contribution is -0.136. The Labute approximate surface area is 118 Å². The summed E-state index contributed by atoms with van der Waals surface area (Å²) >= 11 is 3.41. The molecule has 0 radical (unpaired) electrons. The van der Waals surface area contributed by atoms with E-state index in [1.165, 1.54) is 0 Å². The van der Waals surface area contributed by atoms with Gasteiger partial charge in [0.05, 0.1) is 19.2 Å². The summed E-state index contributed by atoms with van der Waals surface area (Å²) in [4.78, 5) is 10.5. The summed E-state index contributed by atoms with van der Waals surface area (Å²) in [7, 11) is 1.60. The van der Waals surface area contributed by atoms with Gasteiger partial charge in [-0.05, 0) is 30.7 Å². The molecule has 0 aliphatic heterocycles. The first-order chi connectivity index (χ1) is 9.10. The van der Waals surface area contributed by atoms with E-state index in [0.29, 0.717) is 6.42 Å². The number of nitrogens with zero attached hydrogens (tertiary/aromatic N) is 1. The van der Waals surface area contributed by atoms with Crippen LogP contribution in [0.4, 0.5) is 0 Å². The van der Waals surface area contributed by atoms with Crippen molar-refractivity contribution in [1.29, 1.82) is 0 Å². The number of H-pyrrole nitrogens is 1. The summed E-state index contributed by atoms with van der Waals surface area (Å²) in [6.45, 7) is 0. The van der Waals surface area contributed by atoms with E-state index in [4.69, 9.17) is 9.84 Å². The number of halogens is 1. The summed E-state index contributed by atoms with van der Waals surface area (Å²) in [5.41, 5.74) is 2.38. The highest BCUT2D eigenvalue weighted by Gasteiger charge is 2.11. The number of methoxy groups -OCH3 is 1. The van der Waals surface area contributed by atoms with E-state index in [9.17, 15) is 4.79 Å². The van der Waals surface area contributed by atoms with Crippen LogP contribution in [0.15, 0.2) is 28.7 Å². The fourth-order valence-corrected chi connectivity index (χ4v) is 2.11. The standard InChI is InChI=1S/C13H13BrN2O3/c1-19-12-4-2-8(14)6-10(12)11-7-9(15-16-11)3-5-13(17)18/h2,4,6-7H,3,5H2,1H3,(H,15,16)(H,17,18). The molecule has 0 atom stereocenters. The highest BCUT2D eigenvalue weighted by Crippen LogP contribution is 2.31. The number of nitrogens with one attached hydrogen (secondary N) is 1. The van der Waals surface area contributed by atoms with Crippen molar-refractivity contribution >= 4 is 21.9 Å². The van der Waals surface area contributed by atoms with E-state index < -0.39 is 5.97 Å². The largest absolute Gasteiger partial charge is 0.496 e. The molecule has 0 spiro atoms. The van der Waals surface area contributed by atoms with Crippen LogP contribution >= 0.6 is 15.9 Å². The molecule has 1 aromatic carbocycles. The lowest BCUT2D eigenvalue weighted by atomic mass is 10.1. The van der Waals surface area contributed by atoms with Gasteiger partial charge in [0.2, 0.25) is 0 Å². The van der Waals surface area contributed by atoms with Gasteiger partial charge in [-0.3, -0.25) is 9.89 Å². The second kappa shape index (κ2) is 5.88. The van der Waals surface area contributed by atoms with Crippen LogP contribution in [0.3, 0.4) is 0 Å². The Morgan fingerprint density at radius 1 is 1.47 bits per heavy atom. The second-order valence-electron chi connectivity index (χ2n) is 4.02. The molecular formula is C13H13BrN2O3. The fraction of sp³-hybridized carbons (Fsp3) is 0.231. The van der Waals surface area contributed by atoms with Crippen molar-refractivity contribution < 1.29 is 14.6 Å².